The highest BCUT2D eigenvalue weighted by Crippen LogP contribution is 2.28. The van der Waals surface area contributed by atoms with Crippen molar-refractivity contribution in [1.29, 1.82) is 0 Å². The van der Waals surface area contributed by atoms with Crippen molar-refractivity contribution in [3.8, 4) is 11.5 Å². The van der Waals surface area contributed by atoms with Gasteiger partial charge in [-0.1, -0.05) is 19.1 Å². The van der Waals surface area contributed by atoms with Crippen LogP contribution in [0, 0.1) is 12.8 Å². The minimum Gasteiger partial charge on any atom is -0.497 e. The number of carbonyl (C=O) groups is 1. The average Bonchev–Trinajstić information content (AvgIpc) is 2.82. The van der Waals surface area contributed by atoms with E-state index < -0.39 is 10.0 Å². The van der Waals surface area contributed by atoms with Crippen LogP contribution in [0.5, 0.6) is 11.5 Å². The van der Waals surface area contributed by atoms with Crippen LogP contribution in [-0.2, 0) is 14.8 Å². The van der Waals surface area contributed by atoms with Gasteiger partial charge in [0.2, 0.25) is 15.9 Å². The first-order chi connectivity index (χ1) is 15.3. The number of piperidine rings is 1. The molecule has 2 aromatic rings. The molecule has 0 bridgehead atoms. The highest BCUT2D eigenvalue weighted by atomic mass is 32.2. The summed E-state index contributed by atoms with van der Waals surface area (Å²) in [7, 11) is -0.498. The molecule has 1 aliphatic rings. The first-order valence-electron chi connectivity index (χ1n) is 10.9. The van der Waals surface area contributed by atoms with Gasteiger partial charge in [-0.3, -0.25) is 4.79 Å². The number of nitrogens with one attached hydrogen (secondary N) is 1. The van der Waals surface area contributed by atoms with Gasteiger partial charge in [0, 0.05) is 13.1 Å². The smallest absolute Gasteiger partial charge is 0.243 e. The van der Waals surface area contributed by atoms with E-state index in [2.05, 4.69) is 5.32 Å². The Labute approximate surface area is 190 Å². The molecule has 2 unspecified atom stereocenters. The normalized spacial score (nSPS) is 18.1. The van der Waals surface area contributed by atoms with E-state index >= 15 is 0 Å². The fourth-order valence-electron chi connectivity index (χ4n) is 4.10. The van der Waals surface area contributed by atoms with Crippen molar-refractivity contribution in [2.75, 3.05) is 27.3 Å². The van der Waals surface area contributed by atoms with Crippen molar-refractivity contribution in [3.63, 3.8) is 0 Å². The monoisotopic (exact) mass is 460 g/mol. The van der Waals surface area contributed by atoms with Gasteiger partial charge >= 0.3 is 0 Å². The van der Waals surface area contributed by atoms with Crippen LogP contribution in [0.2, 0.25) is 0 Å². The van der Waals surface area contributed by atoms with Crippen molar-refractivity contribution < 1.29 is 22.7 Å². The van der Waals surface area contributed by atoms with Crippen LogP contribution in [0.1, 0.15) is 43.4 Å². The number of aryl methyl sites for hydroxylation is 1. The minimum atomic E-state index is -3.67. The molecule has 1 amide bonds. The number of carbonyl (C=O) groups excluding carboxylic acids is 1. The summed E-state index contributed by atoms with van der Waals surface area (Å²) in [5, 5.41) is 3.13. The van der Waals surface area contributed by atoms with Crippen LogP contribution in [-0.4, -0.2) is 45.9 Å². The number of nitrogens with zero attached hydrogens (tertiary/aromatic N) is 1. The third-order valence-corrected chi connectivity index (χ3v) is 7.88. The Morgan fingerprint density at radius 2 is 1.88 bits per heavy atom. The maximum absolute atomic E-state index is 13.1. The molecule has 0 saturated carbocycles. The quantitative estimate of drug-likeness (QED) is 0.650. The summed E-state index contributed by atoms with van der Waals surface area (Å²) >= 11 is 0. The second kappa shape index (κ2) is 10.4. The van der Waals surface area contributed by atoms with Crippen LogP contribution in [0.3, 0.4) is 0 Å². The lowest BCUT2D eigenvalue weighted by molar-refractivity contribution is -0.126. The zero-order valence-electron chi connectivity index (χ0n) is 19.1. The van der Waals surface area contributed by atoms with Gasteiger partial charge in [-0.05, 0) is 67.6 Å². The lowest BCUT2D eigenvalue weighted by Gasteiger charge is -2.32. The molecule has 1 heterocycles. The molecule has 1 N–H and O–H groups in total. The molecule has 1 fully saturated rings. The maximum Gasteiger partial charge on any atom is 0.243 e. The molecule has 174 valence electrons. The minimum absolute atomic E-state index is 0.111. The van der Waals surface area contributed by atoms with Gasteiger partial charge in [-0.15, -0.1) is 0 Å². The molecule has 0 aliphatic carbocycles. The highest BCUT2D eigenvalue weighted by molar-refractivity contribution is 7.89. The van der Waals surface area contributed by atoms with Crippen LogP contribution in [0.15, 0.2) is 47.4 Å². The number of hydrogen-bond donors (Lipinski definition) is 1. The van der Waals surface area contributed by atoms with Crippen molar-refractivity contribution in [2.24, 2.45) is 5.92 Å². The molecule has 1 aliphatic heterocycles. The Bertz CT molecular complexity index is 1040. The topological polar surface area (TPSA) is 84.9 Å². The molecule has 7 nitrogen and oxygen atoms in total. The fraction of sp³-hybridized carbons (Fsp3) is 0.458. The van der Waals surface area contributed by atoms with Gasteiger partial charge in [-0.25, -0.2) is 8.42 Å². The number of methoxy groups -OCH3 is 2. The van der Waals surface area contributed by atoms with E-state index in [4.69, 9.17) is 9.47 Å². The van der Waals surface area contributed by atoms with Crippen molar-refractivity contribution in [1.82, 2.24) is 9.62 Å². The van der Waals surface area contributed by atoms with Crippen LogP contribution >= 0.6 is 0 Å². The third kappa shape index (κ3) is 5.24. The van der Waals surface area contributed by atoms with Gasteiger partial charge < -0.3 is 14.8 Å². The Hall–Kier alpha value is -2.58. The summed E-state index contributed by atoms with van der Waals surface area (Å²) in [4.78, 5) is 13.3. The number of benzene rings is 2. The van der Waals surface area contributed by atoms with E-state index in [0.29, 0.717) is 25.1 Å². The second-order valence-electron chi connectivity index (χ2n) is 8.08. The van der Waals surface area contributed by atoms with Crippen LogP contribution < -0.4 is 14.8 Å². The van der Waals surface area contributed by atoms with E-state index in [0.717, 1.165) is 23.3 Å². The van der Waals surface area contributed by atoms with E-state index in [1.165, 1.54) is 23.5 Å². The first kappa shape index (κ1) is 24.1. The van der Waals surface area contributed by atoms with E-state index in [1.807, 2.05) is 32.0 Å². The molecule has 3 rings (SSSR count). The molecule has 0 aromatic heterocycles. The molecular formula is C24H32N2O5S. The first-order valence-corrected chi connectivity index (χ1v) is 12.3. The fourth-order valence-corrected chi connectivity index (χ4v) is 5.62. The highest BCUT2D eigenvalue weighted by Gasteiger charge is 2.34. The molecule has 8 heteroatoms. The SMILES string of the molecule is CCC(NC(=O)C1CCCN(S(=O)(=O)c2ccc(OC)cc2)C1)c1ccc(OC)c(C)c1. The Balaban J connectivity index is 1.70. The van der Waals surface area contributed by atoms with Crippen LogP contribution in [0.25, 0.3) is 0 Å². The van der Waals surface area contributed by atoms with Gasteiger partial charge in [0.05, 0.1) is 31.1 Å². The zero-order chi connectivity index (χ0) is 23.3. The molecule has 2 aromatic carbocycles. The summed E-state index contributed by atoms with van der Waals surface area (Å²) in [6, 6.07) is 12.1. The van der Waals surface area contributed by atoms with E-state index in [1.54, 1.807) is 19.2 Å². The molecule has 0 radical (unpaired) electrons. The number of hydrogen-bond acceptors (Lipinski definition) is 5. The largest absolute Gasteiger partial charge is 0.497 e. The molecular weight excluding hydrogens is 428 g/mol. The van der Waals surface area contributed by atoms with Gasteiger partial charge in [0.25, 0.3) is 0 Å². The summed E-state index contributed by atoms with van der Waals surface area (Å²) in [5.41, 5.74) is 2.02. The predicted molar refractivity (Wildman–Crippen MR) is 123 cm³/mol. The Kier molecular flexibility index (Phi) is 7.79. The van der Waals surface area contributed by atoms with E-state index in [9.17, 15) is 13.2 Å². The van der Waals surface area contributed by atoms with Gasteiger partial charge in [0.1, 0.15) is 11.5 Å². The second-order valence-corrected chi connectivity index (χ2v) is 10.0. The predicted octanol–water partition coefficient (Wildman–Crippen LogP) is 3.68. The lowest BCUT2D eigenvalue weighted by Crippen LogP contribution is -2.46. The third-order valence-electron chi connectivity index (χ3n) is 6.00. The molecule has 32 heavy (non-hydrogen) atoms. The Morgan fingerprint density at radius 1 is 1.16 bits per heavy atom. The number of rotatable bonds is 8. The standard InChI is InChI=1S/C24H32N2O5S/c1-5-22(18-8-13-23(31-4)17(2)15-18)25-24(27)19-7-6-14-26(16-19)32(28,29)21-11-9-20(30-3)10-12-21/h8-13,15,19,22H,5-7,14,16H2,1-4H3,(H,25,27). The number of ether oxygens (including phenoxy) is 2. The van der Waals surface area contributed by atoms with Crippen molar-refractivity contribution >= 4 is 15.9 Å². The lowest BCUT2D eigenvalue weighted by atomic mass is 9.96. The summed E-state index contributed by atoms with van der Waals surface area (Å²) in [5.74, 6) is 0.908. The summed E-state index contributed by atoms with van der Waals surface area (Å²) < 4.78 is 38.0. The molecule has 2 atom stereocenters. The number of sulfonamides is 1. The van der Waals surface area contributed by atoms with Gasteiger partial charge in [0.15, 0.2) is 0 Å². The van der Waals surface area contributed by atoms with Crippen LogP contribution in [0.4, 0.5) is 0 Å². The van der Waals surface area contributed by atoms with Crippen molar-refractivity contribution in [3.05, 3.63) is 53.6 Å². The van der Waals surface area contributed by atoms with E-state index in [-0.39, 0.29) is 29.3 Å². The molecule has 1 saturated heterocycles. The Morgan fingerprint density at radius 3 is 2.47 bits per heavy atom. The van der Waals surface area contributed by atoms with Crippen molar-refractivity contribution in [2.45, 2.75) is 44.0 Å². The summed E-state index contributed by atoms with van der Waals surface area (Å²) in [6.07, 6.45) is 2.04. The maximum atomic E-state index is 13.1. The average molecular weight is 461 g/mol. The number of amides is 1. The zero-order valence-corrected chi connectivity index (χ0v) is 19.9. The van der Waals surface area contributed by atoms with Gasteiger partial charge in [-0.2, -0.15) is 4.31 Å². The summed E-state index contributed by atoms with van der Waals surface area (Å²) in [6.45, 7) is 4.58. The molecule has 0 spiro atoms.